The number of rotatable bonds is 3. The molecule has 0 radical (unpaired) electrons. The van der Waals surface area contributed by atoms with Crippen LogP contribution in [0.4, 0.5) is 0 Å². The van der Waals surface area contributed by atoms with Gasteiger partial charge in [0, 0.05) is 5.69 Å². The first-order valence-electron chi connectivity index (χ1n) is 4.41. The van der Waals surface area contributed by atoms with Gasteiger partial charge < -0.3 is 5.73 Å². The molecule has 0 saturated carbocycles. The molecule has 1 aromatic rings. The number of aryl methyl sites for hydroxylation is 2. The van der Waals surface area contributed by atoms with Crippen molar-refractivity contribution in [2.24, 2.45) is 5.73 Å². The summed E-state index contributed by atoms with van der Waals surface area (Å²) < 4.78 is 0. The molecular formula is C10H14N2O. The molecule has 0 aliphatic rings. The molecular weight excluding hydrogens is 164 g/mol. The van der Waals surface area contributed by atoms with Gasteiger partial charge in [-0.3, -0.25) is 9.78 Å². The van der Waals surface area contributed by atoms with Gasteiger partial charge in [0.2, 0.25) is 0 Å². The molecule has 0 bridgehead atoms. The Morgan fingerprint density at radius 2 is 2.23 bits per heavy atom. The summed E-state index contributed by atoms with van der Waals surface area (Å²) in [6.07, 6.45) is 1.77. The zero-order chi connectivity index (χ0) is 9.84. The van der Waals surface area contributed by atoms with E-state index in [1.165, 1.54) is 0 Å². The standard InChI is InChI=1S/C10H14N2O/c1-3-4-9-8(10(11)13)6-5-7(2)12-9/h5-6H,3-4H2,1-2H3,(H2,11,13). The van der Waals surface area contributed by atoms with Crippen LogP contribution in [-0.2, 0) is 6.42 Å². The fraction of sp³-hybridized carbons (Fsp3) is 0.400. The molecule has 1 heterocycles. The largest absolute Gasteiger partial charge is 0.366 e. The Labute approximate surface area is 78.0 Å². The van der Waals surface area contributed by atoms with Gasteiger partial charge in [-0.2, -0.15) is 0 Å². The number of nitrogens with two attached hydrogens (primary N) is 1. The molecule has 0 spiro atoms. The minimum atomic E-state index is -0.393. The Morgan fingerprint density at radius 3 is 2.77 bits per heavy atom. The van der Waals surface area contributed by atoms with Gasteiger partial charge in [0.05, 0.1) is 11.3 Å². The highest BCUT2D eigenvalue weighted by Crippen LogP contribution is 2.09. The van der Waals surface area contributed by atoms with Gasteiger partial charge in [0.15, 0.2) is 0 Å². The van der Waals surface area contributed by atoms with E-state index in [2.05, 4.69) is 11.9 Å². The van der Waals surface area contributed by atoms with Gasteiger partial charge in [0.25, 0.3) is 5.91 Å². The number of carbonyl (C=O) groups is 1. The van der Waals surface area contributed by atoms with Crippen molar-refractivity contribution in [3.05, 3.63) is 29.1 Å². The lowest BCUT2D eigenvalue weighted by atomic mass is 10.1. The highest BCUT2D eigenvalue weighted by atomic mass is 16.1. The molecule has 2 N–H and O–H groups in total. The monoisotopic (exact) mass is 178 g/mol. The van der Waals surface area contributed by atoms with Crippen LogP contribution < -0.4 is 5.73 Å². The number of aromatic nitrogens is 1. The summed E-state index contributed by atoms with van der Waals surface area (Å²) in [6, 6.07) is 3.55. The molecule has 0 aliphatic carbocycles. The lowest BCUT2D eigenvalue weighted by molar-refractivity contribution is 0.0999. The van der Waals surface area contributed by atoms with Crippen LogP contribution in [0, 0.1) is 6.92 Å². The van der Waals surface area contributed by atoms with E-state index in [1.807, 2.05) is 6.92 Å². The molecule has 0 unspecified atom stereocenters. The maximum Gasteiger partial charge on any atom is 0.250 e. The Morgan fingerprint density at radius 1 is 1.54 bits per heavy atom. The number of amides is 1. The van der Waals surface area contributed by atoms with E-state index >= 15 is 0 Å². The molecule has 0 saturated heterocycles. The smallest absolute Gasteiger partial charge is 0.250 e. The van der Waals surface area contributed by atoms with Crippen LogP contribution in [0.5, 0.6) is 0 Å². The molecule has 70 valence electrons. The maximum atomic E-state index is 11.0. The van der Waals surface area contributed by atoms with E-state index in [-0.39, 0.29) is 0 Å². The Balaban J connectivity index is 3.10. The number of carbonyl (C=O) groups excluding carboxylic acids is 1. The van der Waals surface area contributed by atoms with Crippen molar-refractivity contribution in [1.29, 1.82) is 0 Å². The van der Waals surface area contributed by atoms with E-state index in [9.17, 15) is 4.79 Å². The second-order valence-corrected chi connectivity index (χ2v) is 3.06. The van der Waals surface area contributed by atoms with Gasteiger partial charge in [-0.05, 0) is 25.5 Å². The minimum Gasteiger partial charge on any atom is -0.366 e. The molecule has 13 heavy (non-hydrogen) atoms. The van der Waals surface area contributed by atoms with Crippen LogP contribution in [-0.4, -0.2) is 10.9 Å². The molecule has 0 aromatic carbocycles. The van der Waals surface area contributed by atoms with Crippen LogP contribution in [0.25, 0.3) is 0 Å². The van der Waals surface area contributed by atoms with Crippen molar-refractivity contribution in [2.45, 2.75) is 26.7 Å². The first-order chi connectivity index (χ1) is 6.15. The van der Waals surface area contributed by atoms with Crippen molar-refractivity contribution in [1.82, 2.24) is 4.98 Å². The van der Waals surface area contributed by atoms with Crippen LogP contribution >= 0.6 is 0 Å². The van der Waals surface area contributed by atoms with E-state index < -0.39 is 5.91 Å². The summed E-state index contributed by atoms with van der Waals surface area (Å²) in [5.74, 6) is -0.393. The van der Waals surface area contributed by atoms with Gasteiger partial charge in [-0.15, -0.1) is 0 Å². The first kappa shape index (κ1) is 9.71. The molecule has 1 rings (SSSR count). The van der Waals surface area contributed by atoms with Gasteiger partial charge in [-0.25, -0.2) is 0 Å². The lowest BCUT2D eigenvalue weighted by Gasteiger charge is -2.04. The van der Waals surface area contributed by atoms with Crippen molar-refractivity contribution in [3.8, 4) is 0 Å². The van der Waals surface area contributed by atoms with Gasteiger partial charge >= 0.3 is 0 Å². The van der Waals surface area contributed by atoms with Crippen LogP contribution in [0.3, 0.4) is 0 Å². The second kappa shape index (κ2) is 4.03. The summed E-state index contributed by atoms with van der Waals surface area (Å²) in [7, 11) is 0. The summed E-state index contributed by atoms with van der Waals surface area (Å²) in [5, 5.41) is 0. The zero-order valence-electron chi connectivity index (χ0n) is 8.00. The summed E-state index contributed by atoms with van der Waals surface area (Å²) in [5.41, 5.74) is 7.50. The second-order valence-electron chi connectivity index (χ2n) is 3.06. The third kappa shape index (κ3) is 2.28. The zero-order valence-corrected chi connectivity index (χ0v) is 8.00. The van der Waals surface area contributed by atoms with Crippen molar-refractivity contribution < 1.29 is 4.79 Å². The Bertz CT molecular complexity index is 321. The molecule has 1 amide bonds. The SMILES string of the molecule is CCCc1nc(C)ccc1C(N)=O. The van der Waals surface area contributed by atoms with E-state index in [4.69, 9.17) is 5.73 Å². The van der Waals surface area contributed by atoms with Gasteiger partial charge in [0.1, 0.15) is 0 Å². The number of pyridine rings is 1. The van der Waals surface area contributed by atoms with Crippen molar-refractivity contribution in [3.63, 3.8) is 0 Å². The van der Waals surface area contributed by atoms with E-state index in [1.54, 1.807) is 12.1 Å². The summed E-state index contributed by atoms with van der Waals surface area (Å²) in [6.45, 7) is 3.96. The fourth-order valence-electron chi connectivity index (χ4n) is 1.26. The number of nitrogens with zero attached hydrogens (tertiary/aromatic N) is 1. The quantitative estimate of drug-likeness (QED) is 0.761. The Kier molecular flexibility index (Phi) is 3.01. The van der Waals surface area contributed by atoms with Crippen LogP contribution in [0.15, 0.2) is 12.1 Å². The maximum absolute atomic E-state index is 11.0. The van der Waals surface area contributed by atoms with Crippen molar-refractivity contribution in [2.75, 3.05) is 0 Å². The molecule has 0 atom stereocenters. The third-order valence-corrected chi connectivity index (χ3v) is 1.87. The first-order valence-corrected chi connectivity index (χ1v) is 4.41. The number of hydrogen-bond donors (Lipinski definition) is 1. The highest BCUT2D eigenvalue weighted by Gasteiger charge is 2.08. The lowest BCUT2D eigenvalue weighted by Crippen LogP contribution is -2.15. The Hall–Kier alpha value is -1.38. The van der Waals surface area contributed by atoms with Crippen LogP contribution in [0.1, 0.15) is 35.1 Å². The summed E-state index contributed by atoms with van der Waals surface area (Å²) >= 11 is 0. The average molecular weight is 178 g/mol. The molecule has 0 aliphatic heterocycles. The van der Waals surface area contributed by atoms with Crippen LogP contribution in [0.2, 0.25) is 0 Å². The predicted octanol–water partition coefficient (Wildman–Crippen LogP) is 1.44. The van der Waals surface area contributed by atoms with E-state index in [0.717, 1.165) is 24.2 Å². The topological polar surface area (TPSA) is 56.0 Å². The molecule has 3 heteroatoms. The average Bonchev–Trinajstić information content (AvgIpc) is 2.04. The third-order valence-electron chi connectivity index (χ3n) is 1.87. The normalized spacial score (nSPS) is 10.0. The van der Waals surface area contributed by atoms with Crippen molar-refractivity contribution >= 4 is 5.91 Å². The number of primary amides is 1. The molecule has 1 aromatic heterocycles. The highest BCUT2D eigenvalue weighted by molar-refractivity contribution is 5.93. The minimum absolute atomic E-state index is 0.393. The predicted molar refractivity (Wildman–Crippen MR) is 51.5 cm³/mol. The fourth-order valence-corrected chi connectivity index (χ4v) is 1.26. The van der Waals surface area contributed by atoms with Gasteiger partial charge in [-0.1, -0.05) is 13.3 Å². The molecule has 0 fully saturated rings. The molecule has 3 nitrogen and oxygen atoms in total. The van der Waals surface area contributed by atoms with E-state index in [0.29, 0.717) is 5.56 Å². The summed E-state index contributed by atoms with van der Waals surface area (Å²) in [4.78, 5) is 15.3. The number of hydrogen-bond acceptors (Lipinski definition) is 2.